The topological polar surface area (TPSA) is 136 Å². The van der Waals surface area contributed by atoms with Crippen molar-refractivity contribution in [2.24, 2.45) is 11.8 Å². The molecule has 0 saturated heterocycles. The van der Waals surface area contributed by atoms with Gasteiger partial charge in [-0.05, 0) is 58.9 Å². The minimum atomic E-state index is -1.12. The summed E-state index contributed by atoms with van der Waals surface area (Å²) in [5.41, 5.74) is 2.15. The number of fused-ring (bicyclic) bond motifs is 1. The van der Waals surface area contributed by atoms with E-state index in [1.165, 1.54) is 25.7 Å². The van der Waals surface area contributed by atoms with Gasteiger partial charge in [0.15, 0.2) is 0 Å². The van der Waals surface area contributed by atoms with Crippen molar-refractivity contribution in [1.82, 2.24) is 19.9 Å². The molecular weight excluding hydrogens is 500 g/mol. The van der Waals surface area contributed by atoms with Crippen LogP contribution in [0.3, 0.4) is 0 Å². The van der Waals surface area contributed by atoms with Crippen LogP contribution in [0.4, 0.5) is 11.8 Å². The van der Waals surface area contributed by atoms with E-state index in [9.17, 15) is 15.3 Å². The van der Waals surface area contributed by atoms with E-state index >= 15 is 0 Å². The summed E-state index contributed by atoms with van der Waals surface area (Å²) in [7, 11) is 0. The van der Waals surface area contributed by atoms with Crippen LogP contribution in [-0.2, 0) is 0 Å². The molecule has 2 saturated carbocycles. The number of aromatic nitrogens is 4. The molecular formula is C28H40N6O3S. The lowest BCUT2D eigenvalue weighted by Crippen LogP contribution is -2.40. The zero-order valence-corrected chi connectivity index (χ0v) is 23.7. The number of rotatable bonds is 6. The molecule has 3 heterocycles. The van der Waals surface area contributed by atoms with Gasteiger partial charge in [0.25, 0.3) is 0 Å². The maximum atomic E-state index is 10.9. The molecule has 0 unspecified atom stereocenters. The minimum Gasteiger partial charge on any atom is -0.390 e. The van der Waals surface area contributed by atoms with E-state index in [1.54, 1.807) is 31.4 Å². The van der Waals surface area contributed by atoms with Crippen molar-refractivity contribution in [2.45, 2.75) is 103 Å². The Labute approximate surface area is 228 Å². The number of nitrogens with one attached hydrogen (secondary N) is 2. The van der Waals surface area contributed by atoms with Crippen LogP contribution in [0.2, 0.25) is 0 Å². The summed E-state index contributed by atoms with van der Waals surface area (Å²) in [6.07, 6.45) is 6.06. The lowest BCUT2D eigenvalue weighted by atomic mass is 9.88. The van der Waals surface area contributed by atoms with Crippen molar-refractivity contribution < 1.29 is 15.3 Å². The Morgan fingerprint density at radius 3 is 2.42 bits per heavy atom. The monoisotopic (exact) mass is 540 g/mol. The first-order valence-corrected chi connectivity index (χ1v) is 14.6. The van der Waals surface area contributed by atoms with Crippen molar-refractivity contribution in [2.75, 3.05) is 10.6 Å². The average molecular weight is 541 g/mol. The normalized spacial score (nSPS) is 28.4. The Hall–Kier alpha value is -2.40. The molecule has 5 rings (SSSR count). The van der Waals surface area contributed by atoms with Gasteiger partial charge in [0.1, 0.15) is 22.4 Å². The van der Waals surface area contributed by atoms with Crippen LogP contribution >= 0.6 is 11.3 Å². The summed E-state index contributed by atoms with van der Waals surface area (Å²) in [5, 5.41) is 40.1. The maximum Gasteiger partial charge on any atom is 0.225 e. The fourth-order valence-electron chi connectivity index (χ4n) is 6.01. The summed E-state index contributed by atoms with van der Waals surface area (Å²) in [6, 6.07) is 1.77. The molecule has 206 valence electrons. The quantitative estimate of drug-likeness (QED) is 0.287. The van der Waals surface area contributed by atoms with E-state index in [-0.39, 0.29) is 0 Å². The third kappa shape index (κ3) is 5.36. The first-order chi connectivity index (χ1) is 18.0. The second-order valence-corrected chi connectivity index (χ2v) is 12.7. The molecule has 0 bridgehead atoms. The molecule has 3 aromatic heterocycles. The number of anilines is 2. The van der Waals surface area contributed by atoms with Gasteiger partial charge in [-0.3, -0.25) is 4.98 Å². The third-order valence-electron chi connectivity index (χ3n) is 8.38. The number of pyridine rings is 1. The molecule has 3 aromatic rings. The Kier molecular flexibility index (Phi) is 7.61. The van der Waals surface area contributed by atoms with Gasteiger partial charge in [-0.25, -0.2) is 9.97 Å². The summed E-state index contributed by atoms with van der Waals surface area (Å²) >= 11 is 1.56. The molecule has 0 aromatic carbocycles. The Balaban J connectivity index is 1.54. The number of aliphatic hydroxyl groups is 3. The molecule has 0 spiro atoms. The van der Waals surface area contributed by atoms with Crippen LogP contribution in [0.1, 0.15) is 70.7 Å². The van der Waals surface area contributed by atoms with Crippen molar-refractivity contribution >= 4 is 33.3 Å². The first-order valence-electron chi connectivity index (χ1n) is 13.8. The lowest BCUT2D eigenvalue weighted by Gasteiger charge is -2.28. The van der Waals surface area contributed by atoms with Crippen LogP contribution in [0, 0.1) is 25.7 Å². The summed E-state index contributed by atoms with van der Waals surface area (Å²) in [6.45, 7) is 9.53. The maximum absolute atomic E-state index is 10.9. The van der Waals surface area contributed by atoms with Crippen molar-refractivity contribution in [3.63, 3.8) is 0 Å². The zero-order valence-electron chi connectivity index (χ0n) is 22.9. The highest BCUT2D eigenvalue weighted by molar-refractivity contribution is 7.21. The van der Waals surface area contributed by atoms with Gasteiger partial charge in [-0.2, -0.15) is 4.98 Å². The van der Waals surface area contributed by atoms with Gasteiger partial charge >= 0.3 is 0 Å². The largest absolute Gasteiger partial charge is 0.390 e. The van der Waals surface area contributed by atoms with Crippen LogP contribution in [0.25, 0.3) is 20.8 Å². The number of aliphatic hydroxyl groups excluding tert-OH is 2. The van der Waals surface area contributed by atoms with Gasteiger partial charge in [0, 0.05) is 18.2 Å². The smallest absolute Gasteiger partial charge is 0.225 e. The van der Waals surface area contributed by atoms with E-state index in [2.05, 4.69) is 22.5 Å². The number of hydrogen-bond acceptors (Lipinski definition) is 10. The molecule has 2 aliphatic rings. The standard InChI is InChI=1S/C28H40N6O3S/c1-14-9-7-6-8-10-18(14)32-27-30-15(2)21(26-33-22-16(3)29-12-11-20(22)38-26)25(34-27)31-19-13-17(28(4,5)37)23(35)24(19)36/h11-12,14,17-19,23-24,35-37H,6-10,13H2,1-5H3,(H2,30,31,32,34)/t14-,17-,18+,19+,23+,24-/m0/s1. The van der Waals surface area contributed by atoms with E-state index in [0.29, 0.717) is 30.1 Å². The Morgan fingerprint density at radius 1 is 0.947 bits per heavy atom. The van der Waals surface area contributed by atoms with Crippen molar-refractivity contribution in [1.29, 1.82) is 0 Å². The second-order valence-electron chi connectivity index (χ2n) is 11.7. The molecule has 2 fully saturated rings. The molecule has 2 aliphatic carbocycles. The number of thiazole rings is 1. The molecule has 6 atom stereocenters. The van der Waals surface area contributed by atoms with Crippen LogP contribution in [0.15, 0.2) is 12.3 Å². The Bertz CT molecular complexity index is 1290. The fourth-order valence-corrected chi connectivity index (χ4v) is 7.13. The van der Waals surface area contributed by atoms with Crippen LogP contribution in [-0.4, -0.2) is 65.1 Å². The number of aryl methyl sites for hydroxylation is 2. The zero-order chi connectivity index (χ0) is 27.2. The average Bonchev–Trinajstić information content (AvgIpc) is 3.32. The molecule has 0 aliphatic heterocycles. The van der Waals surface area contributed by atoms with Crippen molar-refractivity contribution in [3.05, 3.63) is 23.7 Å². The SMILES string of the molecule is Cc1nc(N[C@@H]2CCCCC[C@@H]2C)nc(N[C@@H]2C[C@H](C(C)(C)O)[C@@H](O)[C@H]2O)c1-c1nc2c(C)nccc2s1. The van der Waals surface area contributed by atoms with Crippen molar-refractivity contribution in [3.8, 4) is 10.6 Å². The van der Waals surface area contributed by atoms with Gasteiger partial charge in [0.05, 0.1) is 39.4 Å². The summed E-state index contributed by atoms with van der Waals surface area (Å²) in [5.74, 6) is 1.18. The molecule has 10 heteroatoms. The fraction of sp³-hybridized carbons (Fsp3) is 0.643. The predicted octanol–water partition coefficient (Wildman–Crippen LogP) is 4.44. The summed E-state index contributed by atoms with van der Waals surface area (Å²) in [4.78, 5) is 19.1. The molecule has 5 N–H and O–H groups in total. The highest BCUT2D eigenvalue weighted by Gasteiger charge is 2.48. The van der Waals surface area contributed by atoms with Gasteiger partial charge in [0.2, 0.25) is 5.95 Å². The van der Waals surface area contributed by atoms with E-state index in [4.69, 9.17) is 15.0 Å². The molecule has 9 nitrogen and oxygen atoms in total. The summed E-state index contributed by atoms with van der Waals surface area (Å²) < 4.78 is 1.03. The molecule has 38 heavy (non-hydrogen) atoms. The highest BCUT2D eigenvalue weighted by Crippen LogP contribution is 2.40. The van der Waals surface area contributed by atoms with Crippen LogP contribution < -0.4 is 10.6 Å². The minimum absolute atomic E-state index is 0.297. The Morgan fingerprint density at radius 2 is 1.71 bits per heavy atom. The molecule has 0 radical (unpaired) electrons. The third-order valence-corrected chi connectivity index (χ3v) is 9.42. The van der Waals surface area contributed by atoms with Gasteiger partial charge < -0.3 is 26.0 Å². The predicted molar refractivity (Wildman–Crippen MR) is 151 cm³/mol. The van der Waals surface area contributed by atoms with E-state index in [0.717, 1.165) is 38.6 Å². The van der Waals surface area contributed by atoms with Gasteiger partial charge in [-0.1, -0.05) is 26.2 Å². The van der Waals surface area contributed by atoms with E-state index in [1.807, 2.05) is 19.9 Å². The first kappa shape index (κ1) is 27.2. The molecule has 0 amide bonds. The second kappa shape index (κ2) is 10.6. The lowest BCUT2D eigenvalue weighted by molar-refractivity contribution is -0.0601. The number of hydrogen-bond donors (Lipinski definition) is 5. The van der Waals surface area contributed by atoms with Crippen LogP contribution in [0.5, 0.6) is 0 Å². The van der Waals surface area contributed by atoms with E-state index < -0.39 is 29.8 Å². The number of nitrogens with zero attached hydrogens (tertiary/aromatic N) is 4. The van der Waals surface area contributed by atoms with Gasteiger partial charge in [-0.15, -0.1) is 11.3 Å². The highest BCUT2D eigenvalue weighted by atomic mass is 32.1.